The van der Waals surface area contributed by atoms with Crippen LogP contribution in [-0.2, 0) is 14.3 Å². The highest BCUT2D eigenvalue weighted by molar-refractivity contribution is 5.79. The Kier molecular flexibility index (Phi) is 1.04. The fraction of sp³-hybridized carbons (Fsp3) is 0.833. The van der Waals surface area contributed by atoms with Crippen molar-refractivity contribution in [2.45, 2.75) is 31.3 Å². The average molecular weight is 144 g/mol. The van der Waals surface area contributed by atoms with Gasteiger partial charge in [0.15, 0.2) is 6.10 Å². The molecule has 1 N–H and O–H groups in total. The third-order valence-electron chi connectivity index (χ3n) is 1.88. The molecular formula is C6H8O4. The van der Waals surface area contributed by atoms with E-state index in [0.717, 1.165) is 0 Å². The van der Waals surface area contributed by atoms with Crippen LogP contribution in [0.3, 0.4) is 0 Å². The highest BCUT2D eigenvalue weighted by Gasteiger charge is 2.57. The van der Waals surface area contributed by atoms with Crippen molar-refractivity contribution in [2.75, 3.05) is 0 Å². The van der Waals surface area contributed by atoms with Gasteiger partial charge >= 0.3 is 5.97 Å². The molecular weight excluding hydrogens is 136 g/mol. The molecule has 0 unspecified atom stereocenters. The number of aliphatic hydroxyl groups is 1. The molecule has 2 heterocycles. The van der Waals surface area contributed by atoms with Gasteiger partial charge in [-0.2, -0.15) is 0 Å². The number of ether oxygens (including phenoxy) is 2. The van der Waals surface area contributed by atoms with Crippen LogP contribution in [0.4, 0.5) is 0 Å². The van der Waals surface area contributed by atoms with Gasteiger partial charge in [-0.05, 0) is 6.92 Å². The van der Waals surface area contributed by atoms with Crippen molar-refractivity contribution < 1.29 is 19.4 Å². The van der Waals surface area contributed by atoms with Crippen molar-refractivity contribution >= 4 is 5.97 Å². The molecule has 0 aromatic rings. The highest BCUT2D eigenvalue weighted by Crippen LogP contribution is 2.33. The second kappa shape index (κ2) is 1.71. The molecule has 2 aliphatic heterocycles. The standard InChI is InChI=1S/C6H8O4/c1-2-3(7)4-5(10-4)6(8)9-2/h2-5,7H,1H3/t2-,3-,4-,5-/m0/s1. The number of esters is 1. The predicted molar refractivity (Wildman–Crippen MR) is 30.2 cm³/mol. The molecule has 4 atom stereocenters. The van der Waals surface area contributed by atoms with Crippen molar-refractivity contribution in [1.29, 1.82) is 0 Å². The summed E-state index contributed by atoms with van der Waals surface area (Å²) in [5.41, 5.74) is 0. The van der Waals surface area contributed by atoms with Crippen LogP contribution in [-0.4, -0.2) is 35.5 Å². The van der Waals surface area contributed by atoms with Gasteiger partial charge in [0.2, 0.25) is 0 Å². The summed E-state index contributed by atoms with van der Waals surface area (Å²) in [6.07, 6.45) is -1.83. The maximum Gasteiger partial charge on any atom is 0.338 e. The Labute approximate surface area is 57.7 Å². The molecule has 2 fully saturated rings. The van der Waals surface area contributed by atoms with E-state index < -0.39 is 18.3 Å². The van der Waals surface area contributed by atoms with Gasteiger partial charge in [-0.1, -0.05) is 0 Å². The molecule has 0 saturated carbocycles. The minimum atomic E-state index is -0.636. The zero-order chi connectivity index (χ0) is 7.30. The van der Waals surface area contributed by atoms with E-state index in [1.807, 2.05) is 0 Å². The Morgan fingerprint density at radius 2 is 2.30 bits per heavy atom. The van der Waals surface area contributed by atoms with E-state index in [2.05, 4.69) is 0 Å². The summed E-state index contributed by atoms with van der Waals surface area (Å²) in [5.74, 6) is -0.345. The number of carbonyl (C=O) groups excluding carboxylic acids is 1. The van der Waals surface area contributed by atoms with Gasteiger partial charge in [-0.15, -0.1) is 0 Å². The maximum absolute atomic E-state index is 10.7. The summed E-state index contributed by atoms with van der Waals surface area (Å²) < 4.78 is 9.59. The lowest BCUT2D eigenvalue weighted by atomic mass is 10.1. The molecule has 0 aliphatic carbocycles. The predicted octanol–water partition coefficient (Wildman–Crippen LogP) is -0.940. The lowest BCUT2D eigenvalue weighted by Crippen LogP contribution is -2.40. The second-order valence-corrected chi connectivity index (χ2v) is 2.65. The second-order valence-electron chi connectivity index (χ2n) is 2.65. The number of hydrogen-bond donors (Lipinski definition) is 1. The highest BCUT2D eigenvalue weighted by atomic mass is 16.7. The lowest BCUT2D eigenvalue weighted by Gasteiger charge is -2.20. The molecule has 0 radical (unpaired) electrons. The van der Waals surface area contributed by atoms with Crippen molar-refractivity contribution in [3.05, 3.63) is 0 Å². The number of epoxide rings is 1. The third kappa shape index (κ3) is 0.660. The van der Waals surface area contributed by atoms with Gasteiger partial charge in [-0.3, -0.25) is 0 Å². The lowest BCUT2D eigenvalue weighted by molar-refractivity contribution is -0.157. The number of hydrogen-bond acceptors (Lipinski definition) is 4. The Hall–Kier alpha value is -0.610. The smallest absolute Gasteiger partial charge is 0.338 e. The van der Waals surface area contributed by atoms with E-state index in [-0.39, 0.29) is 12.1 Å². The van der Waals surface area contributed by atoms with E-state index in [1.165, 1.54) is 0 Å². The number of cyclic esters (lactones) is 1. The first kappa shape index (κ1) is 6.12. The van der Waals surface area contributed by atoms with Crippen LogP contribution in [0.1, 0.15) is 6.92 Å². The molecule has 4 nitrogen and oxygen atoms in total. The SMILES string of the molecule is C[C@@H]1OC(=O)[C@H]2O[C@H]2[C@H]1O. The minimum absolute atomic E-state index is 0.295. The van der Waals surface area contributed by atoms with Gasteiger partial charge < -0.3 is 14.6 Å². The zero-order valence-corrected chi connectivity index (χ0v) is 5.48. The molecule has 2 saturated heterocycles. The molecule has 0 bridgehead atoms. The molecule has 2 rings (SSSR count). The van der Waals surface area contributed by atoms with Crippen LogP contribution in [0.15, 0.2) is 0 Å². The van der Waals surface area contributed by atoms with Gasteiger partial charge in [0.25, 0.3) is 0 Å². The van der Waals surface area contributed by atoms with Crippen molar-refractivity contribution in [2.24, 2.45) is 0 Å². The van der Waals surface area contributed by atoms with E-state index in [9.17, 15) is 9.90 Å². The van der Waals surface area contributed by atoms with Crippen LogP contribution in [0.25, 0.3) is 0 Å². The van der Waals surface area contributed by atoms with E-state index in [4.69, 9.17) is 9.47 Å². The fourth-order valence-electron chi connectivity index (χ4n) is 1.16. The first-order valence-electron chi connectivity index (χ1n) is 3.24. The number of rotatable bonds is 0. The average Bonchev–Trinajstić information content (AvgIpc) is 2.61. The summed E-state index contributed by atoms with van der Waals surface area (Å²) in [7, 11) is 0. The summed E-state index contributed by atoms with van der Waals surface area (Å²) in [5, 5.41) is 9.20. The molecule has 2 aliphatic rings. The molecule has 0 spiro atoms. The molecule has 10 heavy (non-hydrogen) atoms. The third-order valence-corrected chi connectivity index (χ3v) is 1.88. The van der Waals surface area contributed by atoms with Crippen LogP contribution in [0.2, 0.25) is 0 Å². The van der Waals surface area contributed by atoms with E-state index in [0.29, 0.717) is 0 Å². The molecule has 56 valence electrons. The van der Waals surface area contributed by atoms with Gasteiger partial charge in [-0.25, -0.2) is 4.79 Å². The van der Waals surface area contributed by atoms with Gasteiger partial charge in [0, 0.05) is 0 Å². The van der Waals surface area contributed by atoms with Crippen molar-refractivity contribution in [3.63, 3.8) is 0 Å². The summed E-state index contributed by atoms with van der Waals surface area (Å²) in [6, 6.07) is 0. The summed E-state index contributed by atoms with van der Waals surface area (Å²) in [4.78, 5) is 10.7. The Morgan fingerprint density at radius 1 is 1.60 bits per heavy atom. The molecule has 4 heteroatoms. The molecule has 0 amide bonds. The van der Waals surface area contributed by atoms with Gasteiger partial charge in [0.1, 0.15) is 18.3 Å². The number of aliphatic hydroxyl groups excluding tert-OH is 1. The minimum Gasteiger partial charge on any atom is -0.458 e. The van der Waals surface area contributed by atoms with Crippen LogP contribution < -0.4 is 0 Å². The Morgan fingerprint density at radius 3 is 3.00 bits per heavy atom. The number of carbonyl (C=O) groups is 1. The molecule has 0 aromatic heterocycles. The van der Waals surface area contributed by atoms with E-state index >= 15 is 0 Å². The quantitative estimate of drug-likeness (QED) is 0.352. The van der Waals surface area contributed by atoms with Crippen molar-refractivity contribution in [3.8, 4) is 0 Å². The normalized spacial score (nSPS) is 51.6. The monoisotopic (exact) mass is 144 g/mol. The first-order chi connectivity index (χ1) is 4.70. The maximum atomic E-state index is 10.7. The topological polar surface area (TPSA) is 59.1 Å². The largest absolute Gasteiger partial charge is 0.458 e. The zero-order valence-electron chi connectivity index (χ0n) is 5.48. The Balaban J connectivity index is 2.12. The van der Waals surface area contributed by atoms with Gasteiger partial charge in [0.05, 0.1) is 0 Å². The fourth-order valence-corrected chi connectivity index (χ4v) is 1.16. The molecule has 0 aromatic carbocycles. The first-order valence-corrected chi connectivity index (χ1v) is 3.24. The van der Waals surface area contributed by atoms with Crippen molar-refractivity contribution in [1.82, 2.24) is 0 Å². The van der Waals surface area contributed by atoms with Crippen LogP contribution >= 0.6 is 0 Å². The summed E-state index contributed by atoms with van der Waals surface area (Å²) in [6.45, 7) is 1.65. The summed E-state index contributed by atoms with van der Waals surface area (Å²) >= 11 is 0. The van der Waals surface area contributed by atoms with Crippen LogP contribution in [0, 0.1) is 0 Å². The van der Waals surface area contributed by atoms with E-state index in [1.54, 1.807) is 6.92 Å². The van der Waals surface area contributed by atoms with Crippen LogP contribution in [0.5, 0.6) is 0 Å². The Bertz CT molecular complexity index is 177. The number of fused-ring (bicyclic) bond motifs is 1.